The van der Waals surface area contributed by atoms with Gasteiger partial charge in [0, 0.05) is 37.2 Å². The summed E-state index contributed by atoms with van der Waals surface area (Å²) in [5.74, 6) is 0.800. The molecule has 0 bridgehead atoms. The van der Waals surface area contributed by atoms with Crippen molar-refractivity contribution < 1.29 is 4.79 Å². The molecule has 0 aliphatic heterocycles. The van der Waals surface area contributed by atoms with E-state index in [1.807, 2.05) is 42.5 Å². The summed E-state index contributed by atoms with van der Waals surface area (Å²) in [6, 6.07) is 16.0. The number of guanidine groups is 1. The fraction of sp³-hybridized carbons (Fsp3) is 0.364. The highest BCUT2D eigenvalue weighted by molar-refractivity contribution is 9.10. The van der Waals surface area contributed by atoms with Crippen molar-refractivity contribution in [2.45, 2.75) is 26.3 Å². The predicted molar refractivity (Wildman–Crippen MR) is 120 cm³/mol. The van der Waals surface area contributed by atoms with Crippen LogP contribution in [0.15, 0.2) is 58.0 Å². The van der Waals surface area contributed by atoms with Crippen molar-refractivity contribution in [2.24, 2.45) is 4.99 Å². The molecule has 2 N–H and O–H groups in total. The van der Waals surface area contributed by atoms with Crippen LogP contribution in [0, 0.1) is 0 Å². The van der Waals surface area contributed by atoms with Crippen LogP contribution in [0.5, 0.6) is 0 Å². The Balaban J connectivity index is 2.02. The molecule has 1 atom stereocenters. The van der Waals surface area contributed by atoms with Crippen molar-refractivity contribution in [1.29, 1.82) is 0 Å². The lowest BCUT2D eigenvalue weighted by Crippen LogP contribution is -2.39. The summed E-state index contributed by atoms with van der Waals surface area (Å²) in [6.07, 6.45) is 0.772. The monoisotopic (exact) mass is 444 g/mol. The van der Waals surface area contributed by atoms with Crippen molar-refractivity contribution in [3.8, 4) is 0 Å². The molecule has 6 heteroatoms. The van der Waals surface area contributed by atoms with Crippen molar-refractivity contribution >= 4 is 27.8 Å². The Labute approximate surface area is 176 Å². The quantitative estimate of drug-likeness (QED) is 0.500. The van der Waals surface area contributed by atoms with Gasteiger partial charge in [-0.2, -0.15) is 0 Å². The van der Waals surface area contributed by atoms with Crippen LogP contribution in [-0.4, -0.2) is 44.0 Å². The van der Waals surface area contributed by atoms with Crippen LogP contribution in [0.2, 0.25) is 0 Å². The third-order valence-corrected chi connectivity index (χ3v) is 5.04. The molecule has 5 nitrogen and oxygen atoms in total. The smallest absolute Gasteiger partial charge is 0.253 e. The highest BCUT2D eigenvalue weighted by Crippen LogP contribution is 2.22. The van der Waals surface area contributed by atoms with Crippen LogP contribution in [0.4, 0.5) is 0 Å². The molecule has 28 heavy (non-hydrogen) atoms. The Bertz CT molecular complexity index is 820. The van der Waals surface area contributed by atoms with Gasteiger partial charge < -0.3 is 15.5 Å². The van der Waals surface area contributed by atoms with Crippen LogP contribution < -0.4 is 10.6 Å². The lowest BCUT2D eigenvalue weighted by Gasteiger charge is -2.19. The maximum atomic E-state index is 12.1. The van der Waals surface area contributed by atoms with Crippen molar-refractivity contribution in [1.82, 2.24) is 15.5 Å². The van der Waals surface area contributed by atoms with Crippen molar-refractivity contribution in [3.63, 3.8) is 0 Å². The van der Waals surface area contributed by atoms with Crippen LogP contribution >= 0.6 is 15.9 Å². The van der Waals surface area contributed by atoms with Crippen molar-refractivity contribution in [3.05, 3.63) is 69.7 Å². The van der Waals surface area contributed by atoms with Gasteiger partial charge in [0.1, 0.15) is 0 Å². The normalized spacial score (nSPS) is 12.4. The standard InChI is InChI=1S/C22H29BrN4O/c1-5-24-22(26-16(2)19-11-6-7-12-20(19)23)25-14-13-17-9-8-10-18(15-17)21(28)27(3)4/h6-12,15-16H,5,13-14H2,1-4H3,(H2,24,25,26). The van der Waals surface area contributed by atoms with Gasteiger partial charge in [-0.05, 0) is 49.6 Å². The summed E-state index contributed by atoms with van der Waals surface area (Å²) in [7, 11) is 3.53. The zero-order valence-corrected chi connectivity index (χ0v) is 18.6. The van der Waals surface area contributed by atoms with Gasteiger partial charge in [0.2, 0.25) is 0 Å². The first-order chi connectivity index (χ1) is 13.4. The molecule has 0 radical (unpaired) electrons. The summed E-state index contributed by atoms with van der Waals surface area (Å²) >= 11 is 3.61. The number of nitrogens with zero attached hydrogens (tertiary/aromatic N) is 2. The lowest BCUT2D eigenvalue weighted by atomic mass is 10.1. The second-order valence-electron chi connectivity index (χ2n) is 6.80. The largest absolute Gasteiger partial charge is 0.357 e. The number of aliphatic imine (C=N–C) groups is 1. The minimum Gasteiger partial charge on any atom is -0.357 e. The zero-order valence-electron chi connectivity index (χ0n) is 17.0. The minimum atomic E-state index is 0.0163. The van der Waals surface area contributed by atoms with Crippen molar-refractivity contribution in [2.75, 3.05) is 27.2 Å². The molecule has 0 heterocycles. The molecule has 1 unspecified atom stereocenters. The number of amides is 1. The minimum absolute atomic E-state index is 0.0163. The molecular formula is C22H29BrN4O. The molecule has 150 valence electrons. The first kappa shape index (κ1) is 22.0. The van der Waals surface area contributed by atoms with Crippen LogP contribution in [0.25, 0.3) is 0 Å². The molecule has 2 rings (SSSR count). The first-order valence-corrected chi connectivity index (χ1v) is 10.3. The van der Waals surface area contributed by atoms with E-state index in [2.05, 4.69) is 46.5 Å². The van der Waals surface area contributed by atoms with Gasteiger partial charge in [-0.1, -0.05) is 46.3 Å². The molecule has 0 aromatic heterocycles. The Kier molecular flexibility index (Phi) is 8.51. The van der Waals surface area contributed by atoms with Gasteiger partial charge in [0.25, 0.3) is 5.91 Å². The van der Waals surface area contributed by atoms with Gasteiger partial charge in [0.05, 0.1) is 6.04 Å². The maximum Gasteiger partial charge on any atom is 0.253 e. The van der Waals surface area contributed by atoms with E-state index in [1.165, 1.54) is 5.56 Å². The number of hydrogen-bond acceptors (Lipinski definition) is 2. The fourth-order valence-electron chi connectivity index (χ4n) is 2.84. The van der Waals surface area contributed by atoms with Gasteiger partial charge in [-0.25, -0.2) is 0 Å². The molecule has 2 aromatic rings. The van der Waals surface area contributed by atoms with E-state index in [4.69, 9.17) is 4.99 Å². The van der Waals surface area contributed by atoms with Gasteiger partial charge >= 0.3 is 0 Å². The first-order valence-electron chi connectivity index (χ1n) is 9.52. The molecule has 0 spiro atoms. The zero-order chi connectivity index (χ0) is 20.5. The Morgan fingerprint density at radius 2 is 1.93 bits per heavy atom. The number of rotatable bonds is 7. The SMILES string of the molecule is CCNC(=NCCc1cccc(C(=O)N(C)C)c1)NC(C)c1ccccc1Br. The molecule has 1 amide bonds. The van der Waals surface area contributed by atoms with Gasteiger partial charge in [0.15, 0.2) is 5.96 Å². The summed E-state index contributed by atoms with van der Waals surface area (Å²) in [5.41, 5.74) is 2.99. The molecule has 0 fully saturated rings. The summed E-state index contributed by atoms with van der Waals surface area (Å²) in [5, 5.41) is 6.75. The fourth-order valence-corrected chi connectivity index (χ4v) is 3.47. The van der Waals surface area contributed by atoms with Gasteiger partial charge in [-0.3, -0.25) is 9.79 Å². The highest BCUT2D eigenvalue weighted by atomic mass is 79.9. The number of benzene rings is 2. The Morgan fingerprint density at radius 1 is 1.18 bits per heavy atom. The van der Waals surface area contributed by atoms with Gasteiger partial charge in [-0.15, -0.1) is 0 Å². The second-order valence-corrected chi connectivity index (χ2v) is 7.65. The van der Waals surface area contributed by atoms with Crippen LogP contribution in [0.1, 0.15) is 41.4 Å². The third kappa shape index (κ3) is 6.37. The van der Waals surface area contributed by atoms with E-state index >= 15 is 0 Å². The van der Waals surface area contributed by atoms with E-state index in [0.29, 0.717) is 12.1 Å². The Hall–Kier alpha value is -2.34. The number of hydrogen-bond donors (Lipinski definition) is 2. The van der Waals surface area contributed by atoms with Crippen LogP contribution in [0.3, 0.4) is 0 Å². The number of nitrogens with one attached hydrogen (secondary N) is 2. The van der Waals surface area contributed by atoms with Crippen LogP contribution in [-0.2, 0) is 6.42 Å². The Morgan fingerprint density at radius 3 is 2.61 bits per heavy atom. The average molecular weight is 445 g/mol. The molecule has 0 saturated heterocycles. The highest BCUT2D eigenvalue weighted by Gasteiger charge is 2.11. The molecule has 2 aromatic carbocycles. The van der Waals surface area contributed by atoms with E-state index in [-0.39, 0.29) is 11.9 Å². The average Bonchev–Trinajstić information content (AvgIpc) is 2.68. The number of carbonyl (C=O) groups is 1. The third-order valence-electron chi connectivity index (χ3n) is 4.32. The maximum absolute atomic E-state index is 12.1. The van der Waals surface area contributed by atoms with E-state index in [1.54, 1.807) is 19.0 Å². The second kappa shape index (κ2) is 10.9. The van der Waals surface area contributed by atoms with E-state index in [9.17, 15) is 4.79 Å². The number of carbonyl (C=O) groups excluding carboxylic acids is 1. The summed E-state index contributed by atoms with van der Waals surface area (Å²) < 4.78 is 1.08. The van der Waals surface area contributed by atoms with E-state index in [0.717, 1.165) is 29.0 Å². The topological polar surface area (TPSA) is 56.7 Å². The molecule has 0 aliphatic rings. The lowest BCUT2D eigenvalue weighted by molar-refractivity contribution is 0.0827. The predicted octanol–water partition coefficient (Wildman–Crippen LogP) is 4.01. The molecule has 0 saturated carbocycles. The molecule has 0 aliphatic carbocycles. The molecular weight excluding hydrogens is 416 g/mol. The summed E-state index contributed by atoms with van der Waals surface area (Å²) in [4.78, 5) is 18.4. The summed E-state index contributed by atoms with van der Waals surface area (Å²) in [6.45, 7) is 5.60. The number of halogens is 1. The van der Waals surface area contributed by atoms with E-state index < -0.39 is 0 Å².